The maximum Gasteiger partial charge on any atom is 0.261 e. The molecule has 0 saturated carbocycles. The summed E-state index contributed by atoms with van der Waals surface area (Å²) in [5, 5.41) is 2.69. The van der Waals surface area contributed by atoms with Crippen LogP contribution in [0.5, 0.6) is 0 Å². The quantitative estimate of drug-likeness (QED) is 0.891. The summed E-state index contributed by atoms with van der Waals surface area (Å²) in [5.74, 6) is -0.553. The summed E-state index contributed by atoms with van der Waals surface area (Å²) in [4.78, 5) is 39.7. The predicted octanol–water partition coefficient (Wildman–Crippen LogP) is 3.09. The highest BCUT2D eigenvalue weighted by Crippen LogP contribution is 2.33. The van der Waals surface area contributed by atoms with E-state index < -0.39 is 11.5 Å². The molecule has 2 N–H and O–H groups in total. The second-order valence-electron chi connectivity index (χ2n) is 7.17. The first-order valence-electron chi connectivity index (χ1n) is 7.93. The van der Waals surface area contributed by atoms with Crippen LogP contribution in [0.2, 0.25) is 0 Å². The zero-order valence-electron chi connectivity index (χ0n) is 14.0. The van der Waals surface area contributed by atoms with Crippen LogP contribution in [-0.2, 0) is 6.42 Å². The number of ketones is 1. The molecule has 0 bridgehead atoms. The first kappa shape index (κ1) is 16.2. The number of amides is 1. The van der Waals surface area contributed by atoms with Crippen molar-refractivity contribution >= 4 is 17.4 Å². The van der Waals surface area contributed by atoms with E-state index >= 15 is 0 Å². The average molecular weight is 324 g/mol. The van der Waals surface area contributed by atoms with Gasteiger partial charge in [0.25, 0.3) is 11.5 Å². The number of H-pyrrole nitrogens is 1. The Morgan fingerprint density at radius 3 is 2.46 bits per heavy atom. The Bertz CT molecular complexity index is 876. The number of rotatable bonds is 2. The lowest BCUT2D eigenvalue weighted by atomic mass is 9.75. The van der Waals surface area contributed by atoms with Gasteiger partial charge in [-0.3, -0.25) is 14.4 Å². The Morgan fingerprint density at radius 2 is 1.79 bits per heavy atom. The standard InChI is InChI=1S/C19H20N2O3/c1-11-4-6-12(7-5-11)20-17(23)14-8-13-15(21-18(14)24)9-19(2,3)10-16(13)22/h4-8H,9-10H2,1-3H3,(H,20,23)(H,21,24). The molecule has 5 heteroatoms. The smallest absolute Gasteiger partial charge is 0.261 e. The van der Waals surface area contributed by atoms with E-state index in [1.54, 1.807) is 12.1 Å². The maximum atomic E-state index is 12.4. The van der Waals surface area contributed by atoms with Crippen LogP contribution in [0.25, 0.3) is 0 Å². The van der Waals surface area contributed by atoms with Crippen molar-refractivity contribution in [3.63, 3.8) is 0 Å². The summed E-state index contributed by atoms with van der Waals surface area (Å²) < 4.78 is 0. The number of benzene rings is 1. The fourth-order valence-corrected chi connectivity index (χ4v) is 3.03. The summed E-state index contributed by atoms with van der Waals surface area (Å²) in [5.41, 5.74) is 2.06. The first-order valence-corrected chi connectivity index (χ1v) is 7.93. The third-order valence-electron chi connectivity index (χ3n) is 4.27. The highest BCUT2D eigenvalue weighted by molar-refractivity contribution is 6.06. The zero-order valence-corrected chi connectivity index (χ0v) is 14.0. The number of nitrogens with one attached hydrogen (secondary N) is 2. The van der Waals surface area contributed by atoms with Gasteiger partial charge >= 0.3 is 0 Å². The van der Waals surface area contributed by atoms with Crippen LogP contribution in [0.4, 0.5) is 5.69 Å². The van der Waals surface area contributed by atoms with Crippen LogP contribution in [0.3, 0.4) is 0 Å². The number of Topliss-reactive ketones (excluding diaryl/α,β-unsaturated/α-hetero) is 1. The third-order valence-corrected chi connectivity index (χ3v) is 4.27. The van der Waals surface area contributed by atoms with E-state index in [1.807, 2.05) is 32.9 Å². The van der Waals surface area contributed by atoms with Crippen molar-refractivity contribution in [2.24, 2.45) is 5.41 Å². The molecule has 0 saturated heterocycles. The van der Waals surface area contributed by atoms with Gasteiger partial charge in [-0.1, -0.05) is 31.5 Å². The van der Waals surface area contributed by atoms with E-state index in [0.29, 0.717) is 29.8 Å². The van der Waals surface area contributed by atoms with Gasteiger partial charge in [0.05, 0.1) is 0 Å². The lowest BCUT2D eigenvalue weighted by molar-refractivity contribution is 0.0910. The number of aromatic nitrogens is 1. The number of fused-ring (bicyclic) bond motifs is 1. The topological polar surface area (TPSA) is 79.0 Å². The molecule has 0 radical (unpaired) electrons. The van der Waals surface area contributed by atoms with Gasteiger partial charge in [-0.05, 0) is 37.0 Å². The molecule has 0 spiro atoms. The maximum absolute atomic E-state index is 12.4. The summed E-state index contributed by atoms with van der Waals surface area (Å²) in [7, 11) is 0. The highest BCUT2D eigenvalue weighted by atomic mass is 16.2. The molecule has 1 aromatic heterocycles. The number of aromatic amines is 1. The number of hydrogen-bond acceptors (Lipinski definition) is 3. The van der Waals surface area contributed by atoms with Crippen molar-refractivity contribution in [2.75, 3.05) is 5.32 Å². The van der Waals surface area contributed by atoms with Crippen molar-refractivity contribution in [3.05, 3.63) is 63.1 Å². The minimum atomic E-state index is -0.513. The molecule has 1 aliphatic rings. The molecule has 24 heavy (non-hydrogen) atoms. The Balaban J connectivity index is 1.93. The van der Waals surface area contributed by atoms with Gasteiger partial charge in [-0.2, -0.15) is 0 Å². The third kappa shape index (κ3) is 3.15. The van der Waals surface area contributed by atoms with Gasteiger partial charge in [0, 0.05) is 23.4 Å². The Labute approximate surface area is 140 Å². The number of anilines is 1. The van der Waals surface area contributed by atoms with Crippen LogP contribution in [0.1, 0.15) is 52.2 Å². The molecule has 124 valence electrons. The van der Waals surface area contributed by atoms with E-state index in [0.717, 1.165) is 5.56 Å². The van der Waals surface area contributed by atoms with Crippen molar-refractivity contribution in [1.29, 1.82) is 0 Å². The van der Waals surface area contributed by atoms with Crippen molar-refractivity contribution in [2.45, 2.75) is 33.6 Å². The Kier molecular flexibility index (Phi) is 3.87. The van der Waals surface area contributed by atoms with E-state index in [2.05, 4.69) is 10.3 Å². The van der Waals surface area contributed by atoms with Gasteiger partial charge in [-0.15, -0.1) is 0 Å². The lowest BCUT2D eigenvalue weighted by Crippen LogP contribution is -2.32. The number of carbonyl (C=O) groups excluding carboxylic acids is 2. The van der Waals surface area contributed by atoms with Crippen molar-refractivity contribution < 1.29 is 9.59 Å². The number of aryl methyl sites for hydroxylation is 1. The SMILES string of the molecule is Cc1ccc(NC(=O)c2cc3c([nH]c2=O)CC(C)(C)CC3=O)cc1. The van der Waals surface area contributed by atoms with E-state index in [9.17, 15) is 14.4 Å². The predicted molar refractivity (Wildman–Crippen MR) is 92.6 cm³/mol. The molecule has 1 aromatic carbocycles. The first-order chi connectivity index (χ1) is 11.2. The summed E-state index contributed by atoms with van der Waals surface area (Å²) in [6.45, 7) is 5.93. The fourth-order valence-electron chi connectivity index (χ4n) is 3.03. The molecule has 1 heterocycles. The molecule has 0 atom stereocenters. The summed E-state index contributed by atoms with van der Waals surface area (Å²) in [6, 6.07) is 8.72. The van der Waals surface area contributed by atoms with Crippen LogP contribution >= 0.6 is 0 Å². The fraction of sp³-hybridized carbons (Fsp3) is 0.316. The Morgan fingerprint density at radius 1 is 1.12 bits per heavy atom. The van der Waals surface area contributed by atoms with Gasteiger partial charge in [-0.25, -0.2) is 0 Å². The van der Waals surface area contributed by atoms with Crippen LogP contribution in [0.15, 0.2) is 35.1 Å². The van der Waals surface area contributed by atoms with Crippen molar-refractivity contribution in [3.8, 4) is 0 Å². The van der Waals surface area contributed by atoms with Gasteiger partial charge in [0.2, 0.25) is 0 Å². The minimum absolute atomic E-state index is 0.0395. The molecule has 2 aromatic rings. The molecule has 5 nitrogen and oxygen atoms in total. The number of pyridine rings is 1. The molecule has 0 fully saturated rings. The number of hydrogen-bond donors (Lipinski definition) is 2. The molecular weight excluding hydrogens is 304 g/mol. The van der Waals surface area contributed by atoms with Gasteiger partial charge in [0.1, 0.15) is 5.56 Å². The molecule has 0 unspecified atom stereocenters. The van der Waals surface area contributed by atoms with E-state index in [1.165, 1.54) is 6.07 Å². The monoisotopic (exact) mass is 324 g/mol. The zero-order chi connectivity index (χ0) is 17.5. The molecular formula is C19H20N2O3. The second-order valence-corrected chi connectivity index (χ2v) is 7.17. The van der Waals surface area contributed by atoms with E-state index in [-0.39, 0.29) is 16.8 Å². The highest BCUT2D eigenvalue weighted by Gasteiger charge is 2.32. The molecule has 3 rings (SSSR count). The average Bonchev–Trinajstić information content (AvgIpc) is 2.47. The summed E-state index contributed by atoms with van der Waals surface area (Å²) >= 11 is 0. The minimum Gasteiger partial charge on any atom is -0.325 e. The molecule has 0 aliphatic heterocycles. The summed E-state index contributed by atoms with van der Waals surface area (Å²) in [6.07, 6.45) is 1.02. The largest absolute Gasteiger partial charge is 0.325 e. The van der Waals surface area contributed by atoms with Crippen molar-refractivity contribution in [1.82, 2.24) is 4.98 Å². The van der Waals surface area contributed by atoms with Crippen LogP contribution < -0.4 is 10.9 Å². The molecule has 1 amide bonds. The molecule has 1 aliphatic carbocycles. The lowest BCUT2D eigenvalue weighted by Gasteiger charge is -2.29. The van der Waals surface area contributed by atoms with Gasteiger partial charge < -0.3 is 10.3 Å². The Hall–Kier alpha value is -2.69. The second kappa shape index (κ2) is 5.74. The van der Waals surface area contributed by atoms with Crippen LogP contribution in [0, 0.1) is 12.3 Å². The van der Waals surface area contributed by atoms with Crippen LogP contribution in [-0.4, -0.2) is 16.7 Å². The van der Waals surface area contributed by atoms with E-state index in [4.69, 9.17) is 0 Å². The van der Waals surface area contributed by atoms with Gasteiger partial charge in [0.15, 0.2) is 5.78 Å². The number of carbonyl (C=O) groups is 2. The normalized spacial score (nSPS) is 15.7.